The van der Waals surface area contributed by atoms with Crippen molar-refractivity contribution in [2.24, 2.45) is 11.8 Å². The van der Waals surface area contributed by atoms with Crippen LogP contribution < -0.4 is 10.5 Å². The van der Waals surface area contributed by atoms with Gasteiger partial charge in [-0.3, -0.25) is 0 Å². The molecule has 2 saturated heterocycles. The van der Waals surface area contributed by atoms with E-state index in [2.05, 4.69) is 9.62 Å². The first-order chi connectivity index (χ1) is 18.4. The number of hydrogen-bond donors (Lipinski definition) is 2. The molecule has 216 valence electrons. The van der Waals surface area contributed by atoms with Crippen LogP contribution in [0.25, 0.3) is 0 Å². The largest absolute Gasteiger partial charge is 0.399 e. The summed E-state index contributed by atoms with van der Waals surface area (Å²) in [5, 5.41) is 0. The summed E-state index contributed by atoms with van der Waals surface area (Å²) >= 11 is 0. The number of hydrogen-bond acceptors (Lipinski definition) is 6. The fourth-order valence-electron chi connectivity index (χ4n) is 5.77. The maximum Gasteiger partial charge on any atom is 0.240 e. The van der Waals surface area contributed by atoms with Crippen LogP contribution in [0, 0.1) is 23.5 Å². The molecule has 39 heavy (non-hydrogen) atoms. The zero-order valence-corrected chi connectivity index (χ0v) is 23.9. The first kappa shape index (κ1) is 29.9. The van der Waals surface area contributed by atoms with Crippen LogP contribution >= 0.6 is 0 Å². The number of benzene rings is 2. The molecule has 2 heterocycles. The van der Waals surface area contributed by atoms with E-state index in [9.17, 15) is 25.6 Å². The average molecular weight is 585 g/mol. The Hall–Kier alpha value is -2.12. The molecule has 2 fully saturated rings. The van der Waals surface area contributed by atoms with Gasteiger partial charge >= 0.3 is 0 Å². The lowest BCUT2D eigenvalue weighted by molar-refractivity contribution is 0.166. The quantitative estimate of drug-likeness (QED) is 0.414. The van der Waals surface area contributed by atoms with Gasteiger partial charge in [-0.1, -0.05) is 0 Å². The van der Waals surface area contributed by atoms with Crippen molar-refractivity contribution in [3.05, 3.63) is 59.7 Å². The molecular formula is C27H38F2N4O4S2. The Morgan fingerprint density at radius 1 is 0.923 bits per heavy atom. The molecule has 0 aliphatic carbocycles. The molecule has 0 spiro atoms. The fourth-order valence-corrected chi connectivity index (χ4v) is 7.76. The van der Waals surface area contributed by atoms with Crippen molar-refractivity contribution in [1.82, 2.24) is 13.9 Å². The van der Waals surface area contributed by atoms with Crippen molar-refractivity contribution in [2.75, 3.05) is 51.3 Å². The fraction of sp³-hybridized carbons (Fsp3) is 0.556. The van der Waals surface area contributed by atoms with Crippen LogP contribution in [0.5, 0.6) is 0 Å². The number of nitrogens with one attached hydrogen (secondary N) is 1. The van der Waals surface area contributed by atoms with Gasteiger partial charge in [-0.05, 0) is 111 Å². The van der Waals surface area contributed by atoms with E-state index in [1.165, 1.54) is 34.8 Å². The minimum atomic E-state index is -3.60. The lowest BCUT2D eigenvalue weighted by Gasteiger charge is -2.37. The molecule has 2 aromatic rings. The number of anilines is 1. The Labute approximate surface area is 230 Å². The van der Waals surface area contributed by atoms with Crippen LogP contribution in [0.15, 0.2) is 47.4 Å². The van der Waals surface area contributed by atoms with E-state index in [0.29, 0.717) is 50.1 Å². The molecule has 12 heteroatoms. The Morgan fingerprint density at radius 3 is 2.08 bits per heavy atom. The molecule has 0 bridgehead atoms. The summed E-state index contributed by atoms with van der Waals surface area (Å²) in [5.74, 6) is -0.944. The molecule has 0 amide bonds. The highest BCUT2D eigenvalue weighted by Gasteiger charge is 2.32. The molecule has 2 aliphatic rings. The third kappa shape index (κ3) is 8.20. The van der Waals surface area contributed by atoms with Gasteiger partial charge in [0.05, 0.1) is 11.2 Å². The standard InChI is InChI=1S/C27H38F2N4O4S2/c1-38(34,35)33-14-8-21(9-15-33)27(22-16-23(28)18-24(29)17-22)10-13-32-11-6-20(7-12-32)19-31-39(36,37)26-4-2-25(30)3-5-26/h2-5,16-18,20-21,27,31H,6-15,19,30H2,1H3. The highest BCUT2D eigenvalue weighted by atomic mass is 32.2. The van der Waals surface area contributed by atoms with Gasteiger partial charge < -0.3 is 10.6 Å². The number of nitrogen functional groups attached to an aromatic ring is 1. The summed E-state index contributed by atoms with van der Waals surface area (Å²) in [7, 11) is -6.86. The summed E-state index contributed by atoms with van der Waals surface area (Å²) in [6, 6.07) is 9.78. The molecule has 8 nitrogen and oxygen atoms in total. The number of likely N-dealkylation sites (tertiary alicyclic amines) is 1. The number of sulfonamides is 2. The van der Waals surface area contributed by atoms with Gasteiger partial charge in [0, 0.05) is 31.4 Å². The second kappa shape index (κ2) is 12.6. The van der Waals surface area contributed by atoms with Gasteiger partial charge in [0.25, 0.3) is 0 Å². The van der Waals surface area contributed by atoms with Crippen molar-refractivity contribution in [3.63, 3.8) is 0 Å². The van der Waals surface area contributed by atoms with E-state index in [0.717, 1.165) is 38.5 Å². The average Bonchev–Trinajstić information content (AvgIpc) is 2.88. The molecule has 3 N–H and O–H groups in total. The predicted octanol–water partition coefficient (Wildman–Crippen LogP) is 3.38. The summed E-state index contributed by atoms with van der Waals surface area (Å²) in [6.45, 7) is 3.56. The highest BCUT2D eigenvalue weighted by Crippen LogP contribution is 2.37. The lowest BCUT2D eigenvalue weighted by atomic mass is 9.78. The summed E-state index contributed by atoms with van der Waals surface area (Å²) in [5.41, 5.74) is 6.78. The summed E-state index contributed by atoms with van der Waals surface area (Å²) < 4.78 is 81.4. The highest BCUT2D eigenvalue weighted by molar-refractivity contribution is 7.89. The molecule has 1 atom stereocenters. The maximum absolute atomic E-state index is 14.1. The van der Waals surface area contributed by atoms with Crippen LogP contribution in [-0.2, 0) is 20.0 Å². The van der Waals surface area contributed by atoms with E-state index in [1.807, 2.05) is 0 Å². The number of piperidine rings is 2. The Bertz CT molecular complexity index is 1300. The Balaban J connectivity index is 1.32. The lowest BCUT2D eigenvalue weighted by Crippen LogP contribution is -2.41. The third-order valence-electron chi connectivity index (χ3n) is 8.07. The maximum atomic E-state index is 14.1. The minimum absolute atomic E-state index is 0.0821. The number of rotatable bonds is 10. The number of halogens is 2. The van der Waals surface area contributed by atoms with E-state index >= 15 is 0 Å². The van der Waals surface area contributed by atoms with Gasteiger partial charge in [0.2, 0.25) is 20.0 Å². The summed E-state index contributed by atoms with van der Waals surface area (Å²) in [6.07, 6.45) is 4.89. The Kier molecular flexibility index (Phi) is 9.64. The van der Waals surface area contributed by atoms with Crippen LogP contribution in [0.1, 0.15) is 43.6 Å². The molecule has 0 saturated carbocycles. The number of nitrogens with zero attached hydrogens (tertiary/aromatic N) is 2. The second-order valence-corrected chi connectivity index (χ2v) is 14.6. The molecular weight excluding hydrogens is 546 g/mol. The third-order valence-corrected chi connectivity index (χ3v) is 10.8. The van der Waals surface area contributed by atoms with Gasteiger partial charge in [-0.2, -0.15) is 0 Å². The second-order valence-electron chi connectivity index (χ2n) is 10.8. The van der Waals surface area contributed by atoms with E-state index in [-0.39, 0.29) is 22.6 Å². The Morgan fingerprint density at radius 2 is 1.51 bits per heavy atom. The van der Waals surface area contributed by atoms with E-state index in [4.69, 9.17) is 5.73 Å². The van der Waals surface area contributed by atoms with Crippen molar-refractivity contribution in [3.8, 4) is 0 Å². The predicted molar refractivity (Wildman–Crippen MR) is 148 cm³/mol. The first-order valence-corrected chi connectivity index (χ1v) is 16.7. The van der Waals surface area contributed by atoms with E-state index in [1.54, 1.807) is 12.1 Å². The van der Waals surface area contributed by atoms with Crippen molar-refractivity contribution in [2.45, 2.75) is 42.9 Å². The zero-order chi connectivity index (χ0) is 28.2. The SMILES string of the molecule is CS(=O)(=O)N1CCC(C(CCN2CCC(CNS(=O)(=O)c3ccc(N)cc3)CC2)c2cc(F)cc(F)c2)CC1. The van der Waals surface area contributed by atoms with Gasteiger partial charge in [0.1, 0.15) is 11.6 Å². The zero-order valence-electron chi connectivity index (χ0n) is 22.2. The molecule has 2 aliphatic heterocycles. The van der Waals surface area contributed by atoms with Crippen molar-refractivity contribution < 1.29 is 25.6 Å². The molecule has 0 radical (unpaired) electrons. The van der Waals surface area contributed by atoms with Crippen LogP contribution in [0.3, 0.4) is 0 Å². The summed E-state index contributed by atoms with van der Waals surface area (Å²) in [4.78, 5) is 2.51. The van der Waals surface area contributed by atoms with E-state index < -0.39 is 31.7 Å². The molecule has 4 rings (SSSR count). The van der Waals surface area contributed by atoms with Crippen molar-refractivity contribution in [1.29, 1.82) is 0 Å². The van der Waals surface area contributed by atoms with Gasteiger partial charge in [-0.15, -0.1) is 0 Å². The van der Waals surface area contributed by atoms with Crippen LogP contribution in [-0.4, -0.2) is 71.6 Å². The number of nitrogens with two attached hydrogens (primary N) is 1. The minimum Gasteiger partial charge on any atom is -0.399 e. The van der Waals surface area contributed by atoms with Crippen molar-refractivity contribution >= 4 is 25.7 Å². The first-order valence-electron chi connectivity index (χ1n) is 13.4. The molecule has 1 unspecified atom stereocenters. The smallest absolute Gasteiger partial charge is 0.240 e. The van der Waals surface area contributed by atoms with Gasteiger partial charge in [-0.25, -0.2) is 34.6 Å². The normalized spacial score (nSPS) is 19.8. The van der Waals surface area contributed by atoms with Crippen LogP contribution in [0.2, 0.25) is 0 Å². The molecule has 0 aromatic heterocycles. The van der Waals surface area contributed by atoms with Crippen LogP contribution in [0.4, 0.5) is 14.5 Å². The monoisotopic (exact) mass is 584 g/mol. The van der Waals surface area contributed by atoms with Gasteiger partial charge in [0.15, 0.2) is 0 Å². The topological polar surface area (TPSA) is 113 Å². The molecule has 2 aromatic carbocycles.